The number of nitrogens with one attached hydrogen (secondary N) is 1. The van der Waals surface area contributed by atoms with E-state index < -0.39 is 10.8 Å². The summed E-state index contributed by atoms with van der Waals surface area (Å²) in [6.45, 7) is 0. The SMILES string of the molecule is COc1cc(C(=O)NN=Cc2ccc(Cl)c([N+](=O)[O-])c2)cc(OC)c1OC. The number of benzene rings is 2. The number of halogens is 1. The second-order valence-electron chi connectivity index (χ2n) is 5.08. The molecule has 0 fully saturated rings. The molecule has 0 aliphatic rings. The Morgan fingerprint density at radius 3 is 2.30 bits per heavy atom. The van der Waals surface area contributed by atoms with Crippen LogP contribution in [0.25, 0.3) is 0 Å². The van der Waals surface area contributed by atoms with Crippen molar-refractivity contribution in [2.45, 2.75) is 0 Å². The quantitative estimate of drug-likeness (QED) is 0.439. The van der Waals surface area contributed by atoms with Crippen LogP contribution in [0.5, 0.6) is 17.2 Å². The molecule has 2 aromatic carbocycles. The monoisotopic (exact) mass is 393 g/mol. The van der Waals surface area contributed by atoms with Crippen molar-refractivity contribution < 1.29 is 23.9 Å². The van der Waals surface area contributed by atoms with E-state index in [2.05, 4.69) is 10.5 Å². The fourth-order valence-electron chi connectivity index (χ4n) is 2.19. The number of nitro benzene ring substituents is 1. The fourth-order valence-corrected chi connectivity index (χ4v) is 2.38. The molecule has 0 atom stereocenters. The van der Waals surface area contributed by atoms with Crippen LogP contribution in [-0.4, -0.2) is 38.4 Å². The van der Waals surface area contributed by atoms with Crippen molar-refractivity contribution in [2.24, 2.45) is 5.10 Å². The van der Waals surface area contributed by atoms with Gasteiger partial charge < -0.3 is 14.2 Å². The first kappa shape index (κ1) is 20.0. The lowest BCUT2D eigenvalue weighted by molar-refractivity contribution is -0.384. The topological polar surface area (TPSA) is 112 Å². The van der Waals surface area contributed by atoms with E-state index in [1.54, 1.807) is 0 Å². The van der Waals surface area contributed by atoms with Crippen molar-refractivity contribution in [3.8, 4) is 17.2 Å². The van der Waals surface area contributed by atoms with Crippen LogP contribution in [0.15, 0.2) is 35.4 Å². The summed E-state index contributed by atoms with van der Waals surface area (Å²) >= 11 is 5.75. The number of carbonyl (C=O) groups is 1. The number of amides is 1. The molecule has 0 spiro atoms. The maximum atomic E-state index is 12.3. The number of hydrazone groups is 1. The molecule has 0 aliphatic heterocycles. The summed E-state index contributed by atoms with van der Waals surface area (Å²) in [6, 6.07) is 7.10. The van der Waals surface area contributed by atoms with Gasteiger partial charge in [-0.05, 0) is 18.2 Å². The number of hydrogen-bond acceptors (Lipinski definition) is 7. The van der Waals surface area contributed by atoms with E-state index in [9.17, 15) is 14.9 Å². The molecule has 0 heterocycles. The van der Waals surface area contributed by atoms with Gasteiger partial charge in [-0.25, -0.2) is 5.43 Å². The molecule has 9 nitrogen and oxygen atoms in total. The third-order valence-electron chi connectivity index (χ3n) is 3.47. The van der Waals surface area contributed by atoms with Crippen molar-refractivity contribution in [1.29, 1.82) is 0 Å². The zero-order valence-corrected chi connectivity index (χ0v) is 15.4. The maximum Gasteiger partial charge on any atom is 0.288 e. The van der Waals surface area contributed by atoms with Crippen molar-refractivity contribution in [3.63, 3.8) is 0 Å². The standard InChI is InChI=1S/C17H16ClN3O6/c1-25-14-7-11(8-15(26-2)16(14)27-3)17(22)20-19-9-10-4-5-12(18)13(6-10)21(23)24/h4-9H,1-3H3,(H,20,22). The number of nitro groups is 1. The lowest BCUT2D eigenvalue weighted by Gasteiger charge is -2.13. The number of carbonyl (C=O) groups excluding carboxylic acids is 1. The molecular weight excluding hydrogens is 378 g/mol. The molecule has 0 saturated heterocycles. The highest BCUT2D eigenvalue weighted by molar-refractivity contribution is 6.32. The van der Waals surface area contributed by atoms with Crippen molar-refractivity contribution in [1.82, 2.24) is 5.43 Å². The number of hydrogen-bond donors (Lipinski definition) is 1. The number of ether oxygens (including phenoxy) is 3. The van der Waals surface area contributed by atoms with E-state index in [0.717, 1.165) is 0 Å². The third-order valence-corrected chi connectivity index (χ3v) is 3.79. The van der Waals surface area contributed by atoms with Crippen LogP contribution in [-0.2, 0) is 0 Å². The number of nitrogens with zero attached hydrogens (tertiary/aromatic N) is 2. The van der Waals surface area contributed by atoms with Crippen LogP contribution in [0.2, 0.25) is 5.02 Å². The van der Waals surface area contributed by atoms with Gasteiger partial charge in [0.25, 0.3) is 11.6 Å². The Labute approximate surface area is 159 Å². The second kappa shape index (κ2) is 8.86. The second-order valence-corrected chi connectivity index (χ2v) is 5.49. The van der Waals surface area contributed by atoms with E-state index in [-0.39, 0.29) is 16.3 Å². The normalized spacial score (nSPS) is 10.5. The van der Waals surface area contributed by atoms with Crippen molar-refractivity contribution in [3.05, 3.63) is 56.6 Å². The molecule has 1 amide bonds. The summed E-state index contributed by atoms with van der Waals surface area (Å²) in [5, 5.41) is 14.7. The molecule has 142 valence electrons. The smallest absolute Gasteiger partial charge is 0.288 e. The first-order valence-electron chi connectivity index (χ1n) is 7.48. The van der Waals surface area contributed by atoms with Gasteiger partial charge in [-0.15, -0.1) is 0 Å². The summed E-state index contributed by atoms with van der Waals surface area (Å²) in [5.41, 5.74) is 2.70. The van der Waals surface area contributed by atoms with Crippen molar-refractivity contribution in [2.75, 3.05) is 21.3 Å². The average Bonchev–Trinajstić information content (AvgIpc) is 2.67. The minimum absolute atomic E-state index is 0.0126. The summed E-state index contributed by atoms with van der Waals surface area (Å²) in [7, 11) is 4.32. The minimum atomic E-state index is -0.603. The van der Waals surface area contributed by atoms with Crippen LogP contribution < -0.4 is 19.6 Å². The Morgan fingerprint density at radius 2 is 1.78 bits per heavy atom. The van der Waals surface area contributed by atoms with E-state index in [4.69, 9.17) is 25.8 Å². The predicted octanol–water partition coefficient (Wildman–Crippen LogP) is 3.04. The molecule has 0 saturated carbocycles. The minimum Gasteiger partial charge on any atom is -0.493 e. The van der Waals surface area contributed by atoms with E-state index in [1.807, 2.05) is 0 Å². The highest BCUT2D eigenvalue weighted by Crippen LogP contribution is 2.38. The Kier molecular flexibility index (Phi) is 6.56. The first-order valence-corrected chi connectivity index (χ1v) is 7.86. The van der Waals surface area contributed by atoms with Gasteiger partial charge in [0.1, 0.15) is 5.02 Å². The summed E-state index contributed by atoms with van der Waals surface area (Å²) in [5.74, 6) is 0.459. The lowest BCUT2D eigenvalue weighted by Crippen LogP contribution is -2.18. The van der Waals surface area contributed by atoms with Gasteiger partial charge in [0.15, 0.2) is 11.5 Å². The summed E-state index contributed by atoms with van der Waals surface area (Å²) < 4.78 is 15.6. The first-order chi connectivity index (χ1) is 12.9. The zero-order valence-electron chi connectivity index (χ0n) is 14.7. The van der Waals surface area contributed by atoms with E-state index in [1.165, 1.54) is 57.9 Å². The molecule has 10 heteroatoms. The van der Waals surface area contributed by atoms with Crippen LogP contribution in [0.1, 0.15) is 15.9 Å². The predicted molar refractivity (Wildman–Crippen MR) is 99.3 cm³/mol. The van der Waals surface area contributed by atoms with Crippen LogP contribution >= 0.6 is 11.6 Å². The molecule has 0 aliphatic carbocycles. The van der Waals surface area contributed by atoms with Gasteiger partial charge in [-0.2, -0.15) is 5.10 Å². The van der Waals surface area contributed by atoms with Crippen LogP contribution in [0.4, 0.5) is 5.69 Å². The van der Waals surface area contributed by atoms with Gasteiger partial charge in [0, 0.05) is 17.2 Å². The maximum absolute atomic E-state index is 12.3. The Balaban J connectivity index is 2.19. The molecule has 0 unspecified atom stereocenters. The van der Waals surface area contributed by atoms with Gasteiger partial charge in [0.2, 0.25) is 5.75 Å². The Morgan fingerprint density at radius 1 is 1.15 bits per heavy atom. The molecule has 0 radical (unpaired) electrons. The largest absolute Gasteiger partial charge is 0.493 e. The molecule has 0 bridgehead atoms. The summed E-state index contributed by atoms with van der Waals surface area (Å²) in [6.07, 6.45) is 1.26. The van der Waals surface area contributed by atoms with Gasteiger partial charge >= 0.3 is 0 Å². The molecule has 2 rings (SSSR count). The molecule has 0 aromatic heterocycles. The Hall–Kier alpha value is -3.33. The Bertz CT molecular complexity index is 875. The van der Waals surface area contributed by atoms with Gasteiger partial charge in [-0.3, -0.25) is 14.9 Å². The van der Waals surface area contributed by atoms with Gasteiger partial charge in [0.05, 0.1) is 32.5 Å². The fraction of sp³-hybridized carbons (Fsp3) is 0.176. The number of methoxy groups -OCH3 is 3. The average molecular weight is 394 g/mol. The third kappa shape index (κ3) is 4.64. The lowest BCUT2D eigenvalue weighted by atomic mass is 10.1. The highest BCUT2D eigenvalue weighted by Gasteiger charge is 2.17. The highest BCUT2D eigenvalue weighted by atomic mass is 35.5. The zero-order chi connectivity index (χ0) is 20.0. The van der Waals surface area contributed by atoms with E-state index >= 15 is 0 Å². The summed E-state index contributed by atoms with van der Waals surface area (Å²) in [4.78, 5) is 22.6. The van der Waals surface area contributed by atoms with E-state index in [0.29, 0.717) is 22.8 Å². The molecule has 27 heavy (non-hydrogen) atoms. The van der Waals surface area contributed by atoms with Gasteiger partial charge in [-0.1, -0.05) is 17.7 Å². The molecular formula is C17H16ClN3O6. The van der Waals surface area contributed by atoms with Crippen molar-refractivity contribution >= 4 is 29.4 Å². The van der Waals surface area contributed by atoms with Crippen LogP contribution in [0.3, 0.4) is 0 Å². The van der Waals surface area contributed by atoms with Crippen LogP contribution in [0, 0.1) is 10.1 Å². The number of rotatable bonds is 7. The molecule has 1 N–H and O–H groups in total. The molecule has 2 aromatic rings.